The van der Waals surface area contributed by atoms with Crippen LogP contribution < -0.4 is 0 Å². The van der Waals surface area contributed by atoms with Gasteiger partial charge in [-0.25, -0.2) is 0 Å². The minimum Gasteiger partial charge on any atom is -0.333 e. The molecular weight excluding hydrogens is 240 g/mol. The van der Waals surface area contributed by atoms with Crippen LogP contribution in [0.15, 0.2) is 16.8 Å². The van der Waals surface area contributed by atoms with Crippen LogP contribution in [0.25, 0.3) is 0 Å². The van der Waals surface area contributed by atoms with E-state index < -0.39 is 0 Å². The molecule has 4 heteroatoms. The second-order valence-electron chi connectivity index (χ2n) is 4.49. The van der Waals surface area contributed by atoms with Gasteiger partial charge in [-0.05, 0) is 26.7 Å². The van der Waals surface area contributed by atoms with Crippen LogP contribution in [0.2, 0.25) is 0 Å². The van der Waals surface area contributed by atoms with Crippen molar-refractivity contribution >= 4 is 18.4 Å². The van der Waals surface area contributed by atoms with Crippen molar-refractivity contribution in [3.8, 4) is 0 Å². The van der Waals surface area contributed by atoms with Gasteiger partial charge in [0.25, 0.3) is 0 Å². The molecule has 0 N–H and O–H groups in total. The summed E-state index contributed by atoms with van der Waals surface area (Å²) in [5, 5.41) is 0. The fraction of sp³-hybridized carbons (Fsp3) is 0.667. The number of hydrogen-bond acceptors (Lipinski definition) is 3. The van der Waals surface area contributed by atoms with Gasteiger partial charge in [0.05, 0.1) is 12.5 Å². The molecule has 0 aliphatic rings. The molecule has 0 aromatic rings. The first kappa shape index (κ1) is 17.6. The molecule has 1 atom stereocenters. The van der Waals surface area contributed by atoms with E-state index in [-0.39, 0.29) is 18.4 Å². The van der Waals surface area contributed by atoms with Crippen LogP contribution in [0.5, 0.6) is 0 Å². The lowest BCUT2D eigenvalue weighted by Crippen LogP contribution is -2.40. The molecule has 0 aliphatic carbocycles. The summed E-state index contributed by atoms with van der Waals surface area (Å²) in [7, 11) is 0. The maximum atomic E-state index is 12.3. The minimum atomic E-state index is -0.368. The van der Waals surface area contributed by atoms with Crippen molar-refractivity contribution in [1.82, 2.24) is 4.90 Å². The van der Waals surface area contributed by atoms with E-state index in [0.717, 1.165) is 31.2 Å². The van der Waals surface area contributed by atoms with Gasteiger partial charge < -0.3 is 9.69 Å². The Kier molecular flexibility index (Phi) is 9.67. The normalized spacial score (nSPS) is 13.6. The Morgan fingerprint density at radius 1 is 1.37 bits per heavy atom. The quantitative estimate of drug-likeness (QED) is 0.476. The number of carbonyl (C=O) groups is 2. The summed E-state index contributed by atoms with van der Waals surface area (Å²) < 4.78 is 0. The number of aliphatic imine (C=N–C) groups is 1. The van der Waals surface area contributed by atoms with E-state index in [0.29, 0.717) is 6.54 Å². The molecule has 0 aromatic carbocycles. The van der Waals surface area contributed by atoms with Crippen LogP contribution in [0.3, 0.4) is 0 Å². The molecule has 0 saturated carbocycles. The fourth-order valence-electron chi connectivity index (χ4n) is 1.79. The summed E-state index contributed by atoms with van der Waals surface area (Å²) in [6, 6.07) is -0.368. The zero-order chi connectivity index (χ0) is 14.7. The second-order valence-corrected chi connectivity index (χ2v) is 4.49. The predicted molar refractivity (Wildman–Crippen MR) is 79.3 cm³/mol. The molecule has 0 bridgehead atoms. The van der Waals surface area contributed by atoms with Crippen molar-refractivity contribution in [2.45, 2.75) is 59.4 Å². The first-order chi connectivity index (χ1) is 9.10. The van der Waals surface area contributed by atoms with E-state index in [4.69, 9.17) is 0 Å². The zero-order valence-electron chi connectivity index (χ0n) is 12.6. The lowest BCUT2D eigenvalue weighted by Gasteiger charge is -2.25. The lowest BCUT2D eigenvalue weighted by molar-refractivity contribution is -0.135. The Balaban J connectivity index is 4.78. The van der Waals surface area contributed by atoms with Crippen molar-refractivity contribution < 1.29 is 9.59 Å². The van der Waals surface area contributed by atoms with Gasteiger partial charge in [0, 0.05) is 18.5 Å². The van der Waals surface area contributed by atoms with Gasteiger partial charge in [-0.15, -0.1) is 0 Å². The minimum absolute atomic E-state index is 0.0293. The van der Waals surface area contributed by atoms with Crippen LogP contribution >= 0.6 is 0 Å². The number of unbranched alkanes of at least 4 members (excludes halogenated alkanes) is 1. The van der Waals surface area contributed by atoms with Gasteiger partial charge in [0.2, 0.25) is 5.91 Å². The molecule has 0 spiro atoms. The average Bonchev–Trinajstić information content (AvgIpc) is 2.39. The van der Waals surface area contributed by atoms with Crippen molar-refractivity contribution in [2.24, 2.45) is 4.99 Å². The molecule has 108 valence electrons. The first-order valence-corrected chi connectivity index (χ1v) is 7.03. The molecular formula is C15H26N2O2. The number of amides is 1. The summed E-state index contributed by atoms with van der Waals surface area (Å²) in [5.74, 6) is -0.0293. The largest absolute Gasteiger partial charge is 0.333 e. The highest BCUT2D eigenvalue weighted by atomic mass is 16.2. The maximum absolute atomic E-state index is 12.3. The summed E-state index contributed by atoms with van der Waals surface area (Å²) in [6.45, 7) is 8.30. The van der Waals surface area contributed by atoms with Crippen LogP contribution in [0.1, 0.15) is 53.4 Å². The van der Waals surface area contributed by atoms with Gasteiger partial charge >= 0.3 is 0 Å². The van der Waals surface area contributed by atoms with Crippen LogP contribution in [0.4, 0.5) is 0 Å². The summed E-state index contributed by atoms with van der Waals surface area (Å²) in [4.78, 5) is 29.0. The SMILES string of the molecule is CC=N/C(=C\CC)CC(=O)N(CCCC)[C@@H](C)C=O. The third-order valence-electron chi connectivity index (χ3n) is 2.83. The highest BCUT2D eigenvalue weighted by Crippen LogP contribution is 2.11. The number of carbonyl (C=O) groups excluding carboxylic acids is 2. The van der Waals surface area contributed by atoms with Gasteiger partial charge in [-0.3, -0.25) is 9.79 Å². The highest BCUT2D eigenvalue weighted by molar-refractivity contribution is 5.82. The zero-order valence-corrected chi connectivity index (χ0v) is 12.6. The molecule has 1 amide bonds. The number of allylic oxidation sites excluding steroid dienone is 1. The Hall–Kier alpha value is -1.45. The smallest absolute Gasteiger partial charge is 0.229 e. The van der Waals surface area contributed by atoms with E-state index in [9.17, 15) is 9.59 Å². The van der Waals surface area contributed by atoms with Gasteiger partial charge in [0.15, 0.2) is 0 Å². The molecule has 0 heterocycles. The van der Waals surface area contributed by atoms with Crippen molar-refractivity contribution in [1.29, 1.82) is 0 Å². The predicted octanol–water partition coefficient (Wildman–Crippen LogP) is 2.98. The molecule has 4 nitrogen and oxygen atoms in total. The fourth-order valence-corrected chi connectivity index (χ4v) is 1.79. The van der Waals surface area contributed by atoms with Crippen LogP contribution in [-0.4, -0.2) is 35.9 Å². The van der Waals surface area contributed by atoms with Crippen LogP contribution in [-0.2, 0) is 9.59 Å². The molecule has 0 radical (unpaired) electrons. The summed E-state index contributed by atoms with van der Waals surface area (Å²) >= 11 is 0. The van der Waals surface area contributed by atoms with Crippen molar-refractivity contribution in [3.05, 3.63) is 11.8 Å². The monoisotopic (exact) mass is 266 g/mol. The number of rotatable bonds is 9. The van der Waals surface area contributed by atoms with Gasteiger partial charge in [-0.2, -0.15) is 0 Å². The standard InChI is InChI=1S/C15H26N2O2/c1-5-8-10-17(13(4)12-18)15(19)11-14(9-6-2)16-7-3/h7,9,12-13H,5-6,8,10-11H2,1-4H3/b14-9-,16-7?/t13-/m0/s1. The lowest BCUT2D eigenvalue weighted by atomic mass is 10.2. The Morgan fingerprint density at radius 3 is 2.53 bits per heavy atom. The molecule has 0 unspecified atom stereocenters. The van der Waals surface area contributed by atoms with E-state index in [1.54, 1.807) is 18.0 Å². The summed E-state index contributed by atoms with van der Waals surface area (Å²) in [5.41, 5.74) is 0.773. The number of aldehydes is 1. The molecule has 19 heavy (non-hydrogen) atoms. The first-order valence-electron chi connectivity index (χ1n) is 7.03. The highest BCUT2D eigenvalue weighted by Gasteiger charge is 2.19. The maximum Gasteiger partial charge on any atom is 0.229 e. The topological polar surface area (TPSA) is 49.7 Å². The third-order valence-corrected chi connectivity index (χ3v) is 2.83. The second kappa shape index (κ2) is 10.5. The van der Waals surface area contributed by atoms with E-state index >= 15 is 0 Å². The molecule has 0 fully saturated rings. The Bertz CT molecular complexity index is 335. The molecule has 0 aliphatic heterocycles. The molecule has 0 rings (SSSR count). The number of nitrogens with zero attached hydrogens (tertiary/aromatic N) is 2. The Labute approximate surface area is 116 Å². The average molecular weight is 266 g/mol. The van der Waals surface area contributed by atoms with E-state index in [1.807, 2.05) is 19.9 Å². The van der Waals surface area contributed by atoms with Gasteiger partial charge in [-0.1, -0.05) is 26.3 Å². The Morgan fingerprint density at radius 2 is 2.05 bits per heavy atom. The van der Waals surface area contributed by atoms with Crippen LogP contribution in [0, 0.1) is 0 Å². The van der Waals surface area contributed by atoms with E-state index in [1.165, 1.54) is 0 Å². The number of hydrogen-bond donors (Lipinski definition) is 0. The van der Waals surface area contributed by atoms with Crippen molar-refractivity contribution in [3.63, 3.8) is 0 Å². The van der Waals surface area contributed by atoms with Gasteiger partial charge in [0.1, 0.15) is 6.29 Å². The van der Waals surface area contributed by atoms with E-state index in [2.05, 4.69) is 11.9 Å². The summed E-state index contributed by atoms with van der Waals surface area (Å²) in [6.07, 6.45) is 7.47. The molecule has 0 aromatic heterocycles. The molecule has 0 saturated heterocycles. The van der Waals surface area contributed by atoms with Crippen molar-refractivity contribution in [2.75, 3.05) is 6.54 Å². The third kappa shape index (κ3) is 6.89.